The van der Waals surface area contributed by atoms with Gasteiger partial charge in [-0.3, -0.25) is 0 Å². The Bertz CT molecular complexity index is 1660. The number of aromatic nitrogens is 1. The maximum atomic E-state index is 11.7. The van der Waals surface area contributed by atoms with E-state index in [1.54, 1.807) is 18.2 Å². The van der Waals surface area contributed by atoms with Crippen LogP contribution in [0.25, 0.3) is 21.8 Å². The maximum Gasteiger partial charge on any atom is 0.335 e. The Hall–Kier alpha value is -3.82. The van der Waals surface area contributed by atoms with Gasteiger partial charge in [0, 0.05) is 38.8 Å². The molecular formula is C31H31N2O3P. The highest BCUT2D eigenvalue weighted by Crippen LogP contribution is 2.62. The molecule has 0 saturated heterocycles. The van der Waals surface area contributed by atoms with Gasteiger partial charge in [0.05, 0.1) is 11.3 Å². The van der Waals surface area contributed by atoms with Crippen LogP contribution in [0.1, 0.15) is 38.1 Å². The molecule has 0 aliphatic rings. The lowest BCUT2D eigenvalue weighted by Gasteiger charge is -2.37. The average Bonchev–Trinajstić information content (AvgIpc) is 3.21. The zero-order chi connectivity index (χ0) is 26.2. The SMILES string of the molecule is CCn1c2ccccc2c2cc([P@](=Nc3cccc(C(=O)O)c3)(Oc3ccccc3)C(C)(C)C)ccc21. The fourth-order valence-corrected chi connectivity index (χ4v) is 7.94. The molecule has 1 aromatic heterocycles. The maximum absolute atomic E-state index is 11.7. The van der Waals surface area contributed by atoms with Crippen LogP contribution in [0.15, 0.2) is 102 Å². The fraction of sp³-hybridized carbons (Fsp3) is 0.194. The van der Waals surface area contributed by atoms with E-state index in [-0.39, 0.29) is 5.56 Å². The van der Waals surface area contributed by atoms with E-state index >= 15 is 0 Å². The normalized spacial score (nSPS) is 13.4. The second kappa shape index (κ2) is 9.57. The first kappa shape index (κ1) is 24.9. The number of benzene rings is 4. The first-order chi connectivity index (χ1) is 17.7. The number of carbonyl (C=O) groups is 1. The molecule has 0 bridgehead atoms. The summed E-state index contributed by atoms with van der Waals surface area (Å²) < 4.78 is 14.6. The molecule has 0 aliphatic carbocycles. The van der Waals surface area contributed by atoms with Gasteiger partial charge in [0.15, 0.2) is 7.28 Å². The Kier molecular flexibility index (Phi) is 6.43. The summed E-state index contributed by atoms with van der Waals surface area (Å²) in [4.78, 5) is 11.7. The number of hydrogen-bond acceptors (Lipinski definition) is 3. The molecule has 5 rings (SSSR count). The summed E-state index contributed by atoms with van der Waals surface area (Å²) in [7, 11) is -2.78. The summed E-state index contributed by atoms with van der Waals surface area (Å²) in [5.41, 5.74) is 3.17. The molecule has 0 radical (unpaired) electrons. The fourth-order valence-electron chi connectivity index (χ4n) is 4.87. The van der Waals surface area contributed by atoms with Gasteiger partial charge in [-0.1, -0.05) is 63.2 Å². The molecule has 0 fully saturated rings. The van der Waals surface area contributed by atoms with Crippen LogP contribution < -0.4 is 9.83 Å². The van der Waals surface area contributed by atoms with Crippen LogP contribution in [0.4, 0.5) is 5.69 Å². The minimum absolute atomic E-state index is 0.203. The smallest absolute Gasteiger partial charge is 0.335 e. The molecule has 5 aromatic rings. The van der Waals surface area contributed by atoms with Gasteiger partial charge in [0.25, 0.3) is 0 Å². The second-order valence-corrected chi connectivity index (χ2v) is 13.5. The zero-order valence-corrected chi connectivity index (χ0v) is 22.4. The van der Waals surface area contributed by atoms with E-state index in [0.29, 0.717) is 5.69 Å². The summed E-state index contributed by atoms with van der Waals surface area (Å²) in [6, 6.07) is 31.6. The minimum atomic E-state index is -2.78. The van der Waals surface area contributed by atoms with Gasteiger partial charge in [0.2, 0.25) is 0 Å². The highest BCUT2D eigenvalue weighted by molar-refractivity contribution is 7.71. The Morgan fingerprint density at radius 1 is 0.865 bits per heavy atom. The molecule has 0 spiro atoms. The third-order valence-electron chi connectivity index (χ3n) is 6.66. The van der Waals surface area contributed by atoms with E-state index in [4.69, 9.17) is 9.27 Å². The molecule has 188 valence electrons. The van der Waals surface area contributed by atoms with Crippen molar-refractivity contribution in [2.45, 2.75) is 39.4 Å². The molecule has 5 nitrogen and oxygen atoms in total. The lowest BCUT2D eigenvalue weighted by molar-refractivity contribution is 0.0697. The van der Waals surface area contributed by atoms with Crippen LogP contribution in [-0.4, -0.2) is 20.8 Å². The van der Waals surface area contributed by atoms with Crippen molar-refractivity contribution in [1.82, 2.24) is 4.57 Å². The van der Waals surface area contributed by atoms with Crippen LogP contribution in [0.5, 0.6) is 5.75 Å². The lowest BCUT2D eigenvalue weighted by atomic mass is 10.1. The van der Waals surface area contributed by atoms with Crippen molar-refractivity contribution in [3.05, 3.63) is 103 Å². The van der Waals surface area contributed by atoms with Crippen molar-refractivity contribution < 1.29 is 14.4 Å². The van der Waals surface area contributed by atoms with Gasteiger partial charge in [-0.15, -0.1) is 0 Å². The van der Waals surface area contributed by atoms with Crippen molar-refractivity contribution in [3.8, 4) is 5.75 Å². The third kappa shape index (κ3) is 4.45. The Morgan fingerprint density at radius 2 is 1.57 bits per heavy atom. The number of para-hydroxylation sites is 2. The Morgan fingerprint density at radius 3 is 2.27 bits per heavy atom. The van der Waals surface area contributed by atoms with Crippen molar-refractivity contribution in [2.24, 2.45) is 4.74 Å². The predicted molar refractivity (Wildman–Crippen MR) is 154 cm³/mol. The zero-order valence-electron chi connectivity index (χ0n) is 21.6. The summed E-state index contributed by atoms with van der Waals surface area (Å²) in [5.74, 6) is -0.241. The van der Waals surface area contributed by atoms with Crippen molar-refractivity contribution in [2.75, 3.05) is 0 Å². The number of hydrogen-bond donors (Lipinski definition) is 1. The standard InChI is InChI=1S/C31H31N2O3P/c1-5-33-28-17-10-9-16-26(28)27-21-25(18-19-29(27)33)37(31(2,3)4,36-24-14-7-6-8-15-24)32-23-13-11-12-22(20-23)30(34)35/h6-21H,5H2,1-4H3,(H,34,35)/t37-/m0/s1. The van der Waals surface area contributed by atoms with Crippen LogP contribution in [-0.2, 0) is 6.54 Å². The molecule has 6 heteroatoms. The first-order valence-electron chi connectivity index (χ1n) is 12.5. The summed E-state index contributed by atoms with van der Waals surface area (Å²) >= 11 is 0. The highest BCUT2D eigenvalue weighted by Gasteiger charge is 2.39. The molecule has 37 heavy (non-hydrogen) atoms. The number of rotatable bonds is 6. The molecule has 1 heterocycles. The second-order valence-electron chi connectivity index (χ2n) is 10.1. The lowest BCUT2D eigenvalue weighted by Crippen LogP contribution is -2.27. The van der Waals surface area contributed by atoms with Crippen LogP contribution >= 0.6 is 7.28 Å². The average molecular weight is 511 g/mol. The third-order valence-corrected chi connectivity index (χ3v) is 10.4. The number of fused-ring (bicyclic) bond motifs is 3. The van der Waals surface area contributed by atoms with Crippen LogP contribution in [0.3, 0.4) is 0 Å². The van der Waals surface area contributed by atoms with E-state index in [1.165, 1.54) is 16.4 Å². The summed E-state index contributed by atoms with van der Waals surface area (Å²) in [6.07, 6.45) is 0. The van der Waals surface area contributed by atoms with E-state index in [1.807, 2.05) is 36.4 Å². The molecule has 0 unspecified atom stereocenters. The quantitative estimate of drug-likeness (QED) is 0.233. The van der Waals surface area contributed by atoms with Gasteiger partial charge >= 0.3 is 5.97 Å². The van der Waals surface area contributed by atoms with Crippen LogP contribution in [0, 0.1) is 0 Å². The largest absolute Gasteiger partial charge is 0.478 e. The number of carboxylic acid groups (broad SMARTS) is 1. The van der Waals surface area contributed by atoms with Gasteiger partial charge in [-0.05, 0) is 61.5 Å². The molecule has 1 N–H and O–H groups in total. The molecular weight excluding hydrogens is 479 g/mol. The van der Waals surface area contributed by atoms with E-state index in [9.17, 15) is 9.90 Å². The van der Waals surface area contributed by atoms with Gasteiger partial charge in [-0.25, -0.2) is 9.54 Å². The summed E-state index contributed by atoms with van der Waals surface area (Å²) in [5, 5.41) is 12.6. The van der Waals surface area contributed by atoms with Crippen molar-refractivity contribution >= 4 is 46.0 Å². The number of carboxylic acids is 1. The van der Waals surface area contributed by atoms with Gasteiger partial charge in [-0.2, -0.15) is 0 Å². The molecule has 1 atom stereocenters. The molecule has 0 aliphatic heterocycles. The van der Waals surface area contributed by atoms with E-state index in [2.05, 4.69) is 74.7 Å². The number of aryl methyl sites for hydroxylation is 1. The molecule has 0 saturated carbocycles. The van der Waals surface area contributed by atoms with Gasteiger partial charge < -0.3 is 14.2 Å². The van der Waals surface area contributed by atoms with Gasteiger partial charge in [0.1, 0.15) is 5.75 Å². The predicted octanol–water partition coefficient (Wildman–Crippen LogP) is 8.46. The first-order valence-corrected chi connectivity index (χ1v) is 14.1. The monoisotopic (exact) mass is 510 g/mol. The Balaban J connectivity index is 1.85. The Labute approximate surface area is 217 Å². The molecule has 4 aromatic carbocycles. The highest BCUT2D eigenvalue weighted by atomic mass is 31.2. The minimum Gasteiger partial charge on any atom is -0.478 e. The number of nitrogens with zero attached hydrogens (tertiary/aromatic N) is 2. The van der Waals surface area contributed by atoms with Crippen LogP contribution in [0.2, 0.25) is 0 Å². The topological polar surface area (TPSA) is 63.8 Å². The molecule has 0 amide bonds. The van der Waals surface area contributed by atoms with E-state index < -0.39 is 18.4 Å². The summed E-state index contributed by atoms with van der Waals surface area (Å²) in [6.45, 7) is 9.47. The van der Waals surface area contributed by atoms with Crippen molar-refractivity contribution in [1.29, 1.82) is 0 Å². The van der Waals surface area contributed by atoms with Crippen molar-refractivity contribution in [3.63, 3.8) is 0 Å². The van der Waals surface area contributed by atoms with E-state index in [0.717, 1.165) is 23.0 Å². The number of aromatic carboxylic acids is 1.